The normalized spacial score (nSPS) is 12.8. The summed E-state index contributed by atoms with van der Waals surface area (Å²) in [7, 11) is -2.87. The fourth-order valence-corrected chi connectivity index (χ4v) is 3.63. The Kier molecular flexibility index (Phi) is 7.80. The third kappa shape index (κ3) is 7.07. The molecule has 2 aromatic carbocycles. The number of rotatable bonds is 8. The second-order valence-corrected chi connectivity index (χ2v) is 8.43. The molecule has 2 rings (SSSR count). The number of nitrogens with one attached hydrogen (secondary N) is 1. The van der Waals surface area contributed by atoms with Crippen LogP contribution in [-0.4, -0.2) is 44.9 Å². The van der Waals surface area contributed by atoms with Crippen LogP contribution >= 0.6 is 0 Å². The van der Waals surface area contributed by atoms with Gasteiger partial charge in [-0.2, -0.15) is 17.9 Å². The van der Waals surface area contributed by atoms with E-state index < -0.39 is 51.2 Å². The van der Waals surface area contributed by atoms with E-state index in [1.165, 1.54) is 18.9 Å². The topological polar surface area (TPSA) is 92.8 Å². The lowest BCUT2D eigenvalue weighted by molar-refractivity contribution is -0.157. The predicted molar refractivity (Wildman–Crippen MR) is 105 cm³/mol. The van der Waals surface area contributed by atoms with Gasteiger partial charge < -0.3 is 9.64 Å². The highest BCUT2D eigenvalue weighted by Gasteiger charge is 2.32. The molecule has 11 heteroatoms. The average molecular weight is 458 g/mol. The molecule has 0 saturated carbocycles. The molecule has 0 fully saturated rings. The number of benzene rings is 2. The van der Waals surface area contributed by atoms with Crippen LogP contribution in [0.1, 0.15) is 18.1 Å². The molecule has 0 aliphatic rings. The highest BCUT2D eigenvalue weighted by atomic mass is 32.2. The molecule has 1 N–H and O–H groups in total. The van der Waals surface area contributed by atoms with Crippen LogP contribution in [0.5, 0.6) is 0 Å². The predicted octanol–water partition coefficient (Wildman–Crippen LogP) is 2.57. The number of likely N-dealkylation sites (N-methyl/N-ethyl adjacent to an activating group) is 1. The second kappa shape index (κ2) is 9.92. The molecule has 31 heavy (non-hydrogen) atoms. The number of ether oxygens (including phenoxy) is 1. The number of esters is 1. The number of halogens is 3. The molecule has 1 unspecified atom stereocenters. The summed E-state index contributed by atoms with van der Waals surface area (Å²) in [5.74, 6) is -1.55. The summed E-state index contributed by atoms with van der Waals surface area (Å²) in [5, 5.41) is 0. The van der Waals surface area contributed by atoms with Crippen molar-refractivity contribution in [2.75, 3.05) is 13.6 Å². The van der Waals surface area contributed by atoms with Crippen molar-refractivity contribution in [3.8, 4) is 0 Å². The Balaban J connectivity index is 1.92. The summed E-state index contributed by atoms with van der Waals surface area (Å²) in [5.41, 5.74) is -0.274. The minimum absolute atomic E-state index is 0.281. The Bertz CT molecular complexity index is 1030. The molecule has 0 bridgehead atoms. The van der Waals surface area contributed by atoms with Crippen LogP contribution in [0, 0.1) is 0 Å². The summed E-state index contributed by atoms with van der Waals surface area (Å²) >= 11 is 0. The lowest BCUT2D eigenvalue weighted by Crippen LogP contribution is -2.39. The third-order valence-corrected chi connectivity index (χ3v) is 5.57. The molecule has 0 heterocycles. The van der Waals surface area contributed by atoms with Crippen LogP contribution in [0.15, 0.2) is 59.5 Å². The van der Waals surface area contributed by atoms with Gasteiger partial charge in [0.2, 0.25) is 10.0 Å². The van der Waals surface area contributed by atoms with E-state index in [1.807, 2.05) is 35.1 Å². The molecule has 0 aliphatic carbocycles. The molecular formula is C20H21F3N2O5S. The van der Waals surface area contributed by atoms with Crippen LogP contribution in [0.2, 0.25) is 0 Å². The Morgan fingerprint density at radius 1 is 1.10 bits per heavy atom. The van der Waals surface area contributed by atoms with Crippen LogP contribution in [-0.2, 0) is 37.1 Å². The van der Waals surface area contributed by atoms with Crippen molar-refractivity contribution in [3.05, 3.63) is 65.7 Å². The van der Waals surface area contributed by atoms with Gasteiger partial charge in [0.1, 0.15) is 6.54 Å². The molecule has 168 valence electrons. The Morgan fingerprint density at radius 2 is 1.74 bits per heavy atom. The zero-order valence-electron chi connectivity index (χ0n) is 16.7. The van der Waals surface area contributed by atoms with Gasteiger partial charge in [-0.15, -0.1) is 0 Å². The SMILES string of the molecule is CC(OC(=O)CNS(=O)(=O)c1cccc(C(F)(F)F)c1)C(=O)N(C)Cc1ccccc1. The van der Waals surface area contributed by atoms with Crippen molar-refractivity contribution in [1.29, 1.82) is 0 Å². The first-order valence-corrected chi connectivity index (χ1v) is 10.5. The van der Waals surface area contributed by atoms with E-state index in [4.69, 9.17) is 4.74 Å². The minimum Gasteiger partial charge on any atom is -0.452 e. The van der Waals surface area contributed by atoms with Gasteiger partial charge in [-0.05, 0) is 30.7 Å². The number of amides is 1. The van der Waals surface area contributed by atoms with Gasteiger partial charge in [-0.1, -0.05) is 36.4 Å². The second-order valence-electron chi connectivity index (χ2n) is 6.66. The molecule has 1 atom stereocenters. The molecular weight excluding hydrogens is 437 g/mol. The van der Waals surface area contributed by atoms with E-state index in [9.17, 15) is 31.2 Å². The smallest absolute Gasteiger partial charge is 0.416 e. The maximum Gasteiger partial charge on any atom is 0.416 e. The molecule has 2 aromatic rings. The summed E-state index contributed by atoms with van der Waals surface area (Å²) < 4.78 is 69.5. The number of carbonyl (C=O) groups is 2. The lowest BCUT2D eigenvalue weighted by Gasteiger charge is -2.21. The van der Waals surface area contributed by atoms with Crippen molar-refractivity contribution in [3.63, 3.8) is 0 Å². The first kappa shape index (κ1) is 24.4. The molecule has 0 spiro atoms. The van der Waals surface area contributed by atoms with Crippen LogP contribution in [0.3, 0.4) is 0 Å². The Morgan fingerprint density at radius 3 is 2.35 bits per heavy atom. The van der Waals surface area contributed by atoms with Gasteiger partial charge in [-0.3, -0.25) is 9.59 Å². The number of hydrogen-bond donors (Lipinski definition) is 1. The van der Waals surface area contributed by atoms with E-state index in [0.29, 0.717) is 6.07 Å². The van der Waals surface area contributed by atoms with Crippen molar-refractivity contribution >= 4 is 21.9 Å². The van der Waals surface area contributed by atoms with E-state index in [0.717, 1.165) is 23.8 Å². The summed E-state index contributed by atoms with van der Waals surface area (Å²) in [4.78, 5) is 25.0. The lowest BCUT2D eigenvalue weighted by atomic mass is 10.2. The molecule has 0 saturated heterocycles. The Hall–Kier alpha value is -2.92. The summed E-state index contributed by atoms with van der Waals surface area (Å²) in [6.45, 7) is 0.769. The van der Waals surface area contributed by atoms with E-state index in [2.05, 4.69) is 0 Å². The monoisotopic (exact) mass is 458 g/mol. The van der Waals surface area contributed by atoms with Gasteiger partial charge in [0.05, 0.1) is 10.5 Å². The first-order chi connectivity index (χ1) is 14.4. The molecule has 7 nitrogen and oxygen atoms in total. The van der Waals surface area contributed by atoms with Gasteiger partial charge in [-0.25, -0.2) is 8.42 Å². The van der Waals surface area contributed by atoms with Crippen LogP contribution < -0.4 is 4.72 Å². The summed E-state index contributed by atoms with van der Waals surface area (Å²) in [6.07, 6.45) is -5.90. The van der Waals surface area contributed by atoms with Gasteiger partial charge in [0, 0.05) is 13.6 Å². The van der Waals surface area contributed by atoms with E-state index in [1.54, 1.807) is 0 Å². The van der Waals surface area contributed by atoms with Gasteiger partial charge in [0.15, 0.2) is 6.10 Å². The average Bonchev–Trinajstić information content (AvgIpc) is 2.72. The maximum absolute atomic E-state index is 12.8. The van der Waals surface area contributed by atoms with E-state index in [-0.39, 0.29) is 6.54 Å². The third-order valence-electron chi connectivity index (χ3n) is 4.17. The summed E-state index contributed by atoms with van der Waals surface area (Å²) in [6, 6.07) is 12.2. The minimum atomic E-state index is -4.72. The standard InChI is InChI=1S/C20H21F3N2O5S/c1-14(19(27)25(2)13-15-7-4-3-5-8-15)30-18(26)12-24-31(28,29)17-10-6-9-16(11-17)20(21,22)23/h3-11,14,24H,12-13H2,1-2H3. The number of hydrogen-bond acceptors (Lipinski definition) is 5. The molecule has 1 amide bonds. The molecule has 0 radical (unpaired) electrons. The first-order valence-electron chi connectivity index (χ1n) is 9.05. The molecule has 0 aliphatic heterocycles. The zero-order chi connectivity index (χ0) is 23.2. The highest BCUT2D eigenvalue weighted by molar-refractivity contribution is 7.89. The highest BCUT2D eigenvalue weighted by Crippen LogP contribution is 2.30. The van der Waals surface area contributed by atoms with Gasteiger partial charge >= 0.3 is 12.1 Å². The number of alkyl halides is 3. The fourth-order valence-electron chi connectivity index (χ4n) is 2.61. The van der Waals surface area contributed by atoms with E-state index >= 15 is 0 Å². The van der Waals surface area contributed by atoms with Crippen molar-refractivity contribution in [1.82, 2.24) is 9.62 Å². The number of carbonyl (C=O) groups excluding carboxylic acids is 2. The van der Waals surface area contributed by atoms with Crippen molar-refractivity contribution in [2.45, 2.75) is 30.6 Å². The zero-order valence-corrected chi connectivity index (χ0v) is 17.5. The van der Waals surface area contributed by atoms with Crippen molar-refractivity contribution in [2.24, 2.45) is 0 Å². The Labute approximate surface area is 177 Å². The molecule has 0 aromatic heterocycles. The van der Waals surface area contributed by atoms with Crippen LogP contribution in [0.4, 0.5) is 13.2 Å². The largest absolute Gasteiger partial charge is 0.452 e. The maximum atomic E-state index is 12.8. The van der Waals surface area contributed by atoms with Crippen molar-refractivity contribution < 1.29 is 35.9 Å². The quantitative estimate of drug-likeness (QED) is 0.614. The van der Waals surface area contributed by atoms with Gasteiger partial charge in [0.25, 0.3) is 5.91 Å². The number of sulfonamides is 1. The van der Waals surface area contributed by atoms with Crippen LogP contribution in [0.25, 0.3) is 0 Å². The number of nitrogens with zero attached hydrogens (tertiary/aromatic N) is 1. The fraction of sp³-hybridized carbons (Fsp3) is 0.300.